The number of esters is 1. The molecule has 3 aromatic rings. The van der Waals surface area contributed by atoms with Crippen LogP contribution in [-0.4, -0.2) is 28.0 Å². The standard InChI is InChI=1S/C25H22Br2N2O4S2/c1-12(2)33-24(32)20-13(3)28-25-29(21(20)14-5-7-17(34-4)8-6-14)23(31)19(35-25)10-15-9-16(26)11-18(27)22(15)30/h5-12,21,30H,1-4H3/b19-10-/t21-/m1/s1. The molecule has 0 bridgehead atoms. The zero-order valence-electron chi connectivity index (χ0n) is 19.3. The Balaban J connectivity index is 1.96. The van der Waals surface area contributed by atoms with Crippen molar-refractivity contribution >= 4 is 67.0 Å². The number of ether oxygens (including phenoxy) is 1. The van der Waals surface area contributed by atoms with Crippen LogP contribution in [0.5, 0.6) is 5.75 Å². The third kappa shape index (κ3) is 5.21. The Morgan fingerprint density at radius 1 is 1.26 bits per heavy atom. The number of hydrogen-bond donors (Lipinski definition) is 1. The van der Waals surface area contributed by atoms with Crippen LogP contribution in [0, 0.1) is 0 Å². The fourth-order valence-corrected chi connectivity index (χ4v) is 6.50. The zero-order valence-corrected chi connectivity index (χ0v) is 24.1. The number of aromatic nitrogens is 1. The summed E-state index contributed by atoms with van der Waals surface area (Å²) in [5.41, 5.74) is 1.81. The van der Waals surface area contributed by atoms with Gasteiger partial charge in [-0.2, -0.15) is 0 Å². The molecule has 1 aliphatic rings. The number of allylic oxidation sites excluding steroid dienone is 1. The van der Waals surface area contributed by atoms with Crippen LogP contribution < -0.4 is 14.9 Å². The van der Waals surface area contributed by atoms with Crippen molar-refractivity contribution in [2.24, 2.45) is 4.99 Å². The molecule has 182 valence electrons. The highest BCUT2D eigenvalue weighted by Crippen LogP contribution is 2.33. The van der Waals surface area contributed by atoms with Gasteiger partial charge in [0.25, 0.3) is 5.56 Å². The van der Waals surface area contributed by atoms with Crippen LogP contribution in [0.25, 0.3) is 6.08 Å². The molecule has 0 amide bonds. The molecule has 0 spiro atoms. The first-order valence-corrected chi connectivity index (χ1v) is 14.3. The number of halogens is 2. The number of aromatic hydroxyl groups is 1. The summed E-state index contributed by atoms with van der Waals surface area (Å²) in [6.07, 6.45) is 3.31. The molecule has 1 aliphatic heterocycles. The molecule has 0 unspecified atom stereocenters. The molecule has 1 atom stereocenters. The minimum atomic E-state index is -0.682. The topological polar surface area (TPSA) is 80.9 Å². The van der Waals surface area contributed by atoms with Crippen LogP contribution in [0.4, 0.5) is 0 Å². The van der Waals surface area contributed by atoms with Crippen molar-refractivity contribution in [2.75, 3.05) is 6.26 Å². The monoisotopic (exact) mass is 636 g/mol. The quantitative estimate of drug-likeness (QED) is 0.310. The first-order valence-electron chi connectivity index (χ1n) is 10.7. The second-order valence-electron chi connectivity index (χ2n) is 8.13. The fraction of sp³-hybridized carbons (Fsp3) is 0.240. The number of thioether (sulfide) groups is 1. The lowest BCUT2D eigenvalue weighted by Crippen LogP contribution is -2.40. The van der Waals surface area contributed by atoms with E-state index < -0.39 is 12.0 Å². The minimum Gasteiger partial charge on any atom is -0.506 e. The molecular formula is C25H22Br2N2O4S2. The third-order valence-electron chi connectivity index (χ3n) is 5.36. The van der Waals surface area contributed by atoms with Crippen LogP contribution in [-0.2, 0) is 9.53 Å². The highest BCUT2D eigenvalue weighted by Gasteiger charge is 2.33. The van der Waals surface area contributed by atoms with Crippen LogP contribution >= 0.6 is 55.0 Å². The lowest BCUT2D eigenvalue weighted by atomic mass is 9.96. The van der Waals surface area contributed by atoms with Crippen LogP contribution in [0.2, 0.25) is 0 Å². The Labute approximate surface area is 227 Å². The number of hydrogen-bond acceptors (Lipinski definition) is 7. The van der Waals surface area contributed by atoms with Crippen LogP contribution in [0.1, 0.15) is 37.9 Å². The molecular weight excluding hydrogens is 616 g/mol. The molecule has 0 saturated heterocycles. The molecule has 4 rings (SSSR count). The summed E-state index contributed by atoms with van der Waals surface area (Å²) in [4.78, 5) is 33.0. The lowest BCUT2D eigenvalue weighted by Gasteiger charge is -2.25. The normalized spacial score (nSPS) is 15.9. The summed E-state index contributed by atoms with van der Waals surface area (Å²) in [6, 6.07) is 10.6. The summed E-state index contributed by atoms with van der Waals surface area (Å²) in [5, 5.41) is 10.5. The molecule has 10 heteroatoms. The summed E-state index contributed by atoms with van der Waals surface area (Å²) in [5.74, 6) is -0.469. The summed E-state index contributed by atoms with van der Waals surface area (Å²) in [6.45, 7) is 5.33. The van der Waals surface area contributed by atoms with Gasteiger partial charge >= 0.3 is 5.97 Å². The Morgan fingerprint density at radius 3 is 2.57 bits per heavy atom. The Kier molecular flexibility index (Phi) is 7.75. The van der Waals surface area contributed by atoms with E-state index in [1.165, 1.54) is 11.3 Å². The van der Waals surface area contributed by atoms with Gasteiger partial charge < -0.3 is 9.84 Å². The maximum absolute atomic E-state index is 13.7. The van der Waals surface area contributed by atoms with Crippen molar-refractivity contribution in [3.05, 3.63) is 87.4 Å². The van der Waals surface area contributed by atoms with E-state index in [1.54, 1.807) is 55.3 Å². The lowest BCUT2D eigenvalue weighted by molar-refractivity contribution is -0.143. The number of thiazole rings is 1. The van der Waals surface area contributed by atoms with Crippen molar-refractivity contribution in [3.63, 3.8) is 0 Å². The molecule has 0 fully saturated rings. The van der Waals surface area contributed by atoms with Gasteiger partial charge in [-0.15, -0.1) is 11.8 Å². The molecule has 0 saturated carbocycles. The highest BCUT2D eigenvalue weighted by atomic mass is 79.9. The number of phenolic OH excluding ortho intramolecular Hbond substituents is 1. The van der Waals surface area contributed by atoms with Gasteiger partial charge in [-0.05, 0) is 78.9 Å². The Morgan fingerprint density at radius 2 is 1.94 bits per heavy atom. The minimum absolute atomic E-state index is 0.0284. The van der Waals surface area contributed by atoms with Crippen LogP contribution in [0.15, 0.2) is 71.3 Å². The van der Waals surface area contributed by atoms with Crippen molar-refractivity contribution in [1.82, 2.24) is 4.57 Å². The molecule has 2 aromatic carbocycles. The summed E-state index contributed by atoms with van der Waals surface area (Å²) < 4.78 is 8.72. The van der Waals surface area contributed by atoms with E-state index in [4.69, 9.17) is 4.74 Å². The number of nitrogens with zero attached hydrogens (tertiary/aromatic N) is 2. The number of phenols is 1. The fourth-order valence-electron chi connectivity index (χ4n) is 3.80. The SMILES string of the molecule is CSc1ccc([C@@H]2C(C(=O)OC(C)C)=C(C)N=c3s/c(=C\c4cc(Br)cc(Br)c4O)c(=O)n32)cc1. The first-order chi connectivity index (χ1) is 16.6. The summed E-state index contributed by atoms with van der Waals surface area (Å²) in [7, 11) is 0. The predicted octanol–water partition coefficient (Wildman–Crippen LogP) is 5.14. The Hall–Kier alpha value is -2.14. The van der Waals surface area contributed by atoms with Gasteiger partial charge in [-0.25, -0.2) is 9.79 Å². The number of fused-ring (bicyclic) bond motifs is 1. The third-order valence-corrected chi connectivity index (χ3v) is 8.15. The van der Waals surface area contributed by atoms with Gasteiger partial charge in [0.15, 0.2) is 4.80 Å². The molecule has 2 heterocycles. The average molecular weight is 638 g/mol. The van der Waals surface area contributed by atoms with Gasteiger partial charge in [0, 0.05) is 14.9 Å². The molecule has 1 N–H and O–H groups in total. The molecule has 1 aromatic heterocycles. The second kappa shape index (κ2) is 10.5. The predicted molar refractivity (Wildman–Crippen MR) is 147 cm³/mol. The van der Waals surface area contributed by atoms with E-state index in [2.05, 4.69) is 36.9 Å². The van der Waals surface area contributed by atoms with E-state index in [9.17, 15) is 14.7 Å². The van der Waals surface area contributed by atoms with Gasteiger partial charge in [0.1, 0.15) is 5.75 Å². The number of carbonyl (C=O) groups excluding carboxylic acids is 1. The second-order valence-corrected chi connectivity index (χ2v) is 11.8. The number of rotatable bonds is 5. The first kappa shape index (κ1) is 25.9. The van der Waals surface area contributed by atoms with Crippen molar-refractivity contribution in [1.29, 1.82) is 0 Å². The molecule has 0 aliphatic carbocycles. The number of benzene rings is 2. The van der Waals surface area contributed by atoms with E-state index in [1.807, 2.05) is 30.5 Å². The molecule has 0 radical (unpaired) electrons. The van der Waals surface area contributed by atoms with Crippen molar-refractivity contribution in [2.45, 2.75) is 37.8 Å². The van der Waals surface area contributed by atoms with Gasteiger partial charge in [-0.1, -0.05) is 39.4 Å². The highest BCUT2D eigenvalue weighted by molar-refractivity contribution is 9.11. The Bertz CT molecular complexity index is 1520. The van der Waals surface area contributed by atoms with Crippen molar-refractivity contribution < 1.29 is 14.6 Å². The average Bonchev–Trinajstić information content (AvgIpc) is 3.10. The van der Waals surface area contributed by atoms with E-state index in [0.717, 1.165) is 14.9 Å². The van der Waals surface area contributed by atoms with E-state index >= 15 is 0 Å². The van der Waals surface area contributed by atoms with Crippen molar-refractivity contribution in [3.8, 4) is 5.75 Å². The largest absolute Gasteiger partial charge is 0.506 e. The number of carbonyl (C=O) groups is 1. The maximum atomic E-state index is 13.7. The maximum Gasteiger partial charge on any atom is 0.338 e. The zero-order chi connectivity index (χ0) is 25.4. The van der Waals surface area contributed by atoms with E-state index in [-0.39, 0.29) is 17.4 Å². The van der Waals surface area contributed by atoms with E-state index in [0.29, 0.717) is 30.6 Å². The van der Waals surface area contributed by atoms with Gasteiger partial charge in [0.2, 0.25) is 0 Å². The summed E-state index contributed by atoms with van der Waals surface area (Å²) >= 11 is 9.57. The molecule has 35 heavy (non-hydrogen) atoms. The van der Waals surface area contributed by atoms with Gasteiger partial charge in [-0.3, -0.25) is 9.36 Å². The van der Waals surface area contributed by atoms with Crippen LogP contribution in [0.3, 0.4) is 0 Å². The van der Waals surface area contributed by atoms with Gasteiger partial charge in [0.05, 0.1) is 32.4 Å². The molecule has 6 nitrogen and oxygen atoms in total. The smallest absolute Gasteiger partial charge is 0.338 e.